The SMILES string of the molecule is CSCCC(N)C(=O)NC(CCC(=O)O)C(=O)NCC(=O)N1CCCC1C(=O)O. The van der Waals surface area contributed by atoms with Crippen LogP contribution in [0.2, 0.25) is 0 Å². The summed E-state index contributed by atoms with van der Waals surface area (Å²) in [5, 5.41) is 22.8. The number of aliphatic carboxylic acids is 2. The monoisotopic (exact) mass is 432 g/mol. The summed E-state index contributed by atoms with van der Waals surface area (Å²) in [4.78, 5) is 60.0. The fraction of sp³-hybridized carbons (Fsp3) is 0.706. The van der Waals surface area contributed by atoms with E-state index in [2.05, 4.69) is 10.6 Å². The summed E-state index contributed by atoms with van der Waals surface area (Å²) in [6.45, 7) is -0.157. The van der Waals surface area contributed by atoms with E-state index in [0.29, 0.717) is 25.0 Å². The van der Waals surface area contributed by atoms with Crippen molar-refractivity contribution in [1.82, 2.24) is 15.5 Å². The Bertz CT molecular complexity index is 631. The van der Waals surface area contributed by atoms with Gasteiger partial charge in [-0.3, -0.25) is 19.2 Å². The number of amides is 3. The quantitative estimate of drug-likeness (QED) is 0.248. The minimum absolute atomic E-state index is 0.169. The van der Waals surface area contributed by atoms with Crippen LogP contribution < -0.4 is 16.4 Å². The van der Waals surface area contributed by atoms with Crippen LogP contribution in [0.5, 0.6) is 0 Å². The smallest absolute Gasteiger partial charge is 0.326 e. The lowest BCUT2D eigenvalue weighted by molar-refractivity contribution is -0.148. The van der Waals surface area contributed by atoms with Gasteiger partial charge in [-0.2, -0.15) is 11.8 Å². The van der Waals surface area contributed by atoms with Crippen molar-refractivity contribution in [3.8, 4) is 0 Å². The Morgan fingerprint density at radius 3 is 2.45 bits per heavy atom. The average molecular weight is 432 g/mol. The van der Waals surface area contributed by atoms with Gasteiger partial charge in [0.2, 0.25) is 17.7 Å². The fourth-order valence-corrected chi connectivity index (χ4v) is 3.39. The molecule has 3 atom stereocenters. The van der Waals surface area contributed by atoms with Gasteiger partial charge >= 0.3 is 11.9 Å². The molecule has 0 radical (unpaired) electrons. The van der Waals surface area contributed by atoms with Gasteiger partial charge in [0.1, 0.15) is 12.1 Å². The highest BCUT2D eigenvalue weighted by Crippen LogP contribution is 2.17. The van der Waals surface area contributed by atoms with E-state index in [4.69, 9.17) is 15.9 Å². The average Bonchev–Trinajstić information content (AvgIpc) is 3.17. The molecule has 3 unspecified atom stereocenters. The van der Waals surface area contributed by atoms with Crippen LogP contribution in [0, 0.1) is 0 Å². The van der Waals surface area contributed by atoms with Crippen molar-refractivity contribution in [2.45, 2.75) is 50.2 Å². The molecule has 6 N–H and O–H groups in total. The molecule has 0 aromatic carbocycles. The molecule has 29 heavy (non-hydrogen) atoms. The van der Waals surface area contributed by atoms with Crippen molar-refractivity contribution in [1.29, 1.82) is 0 Å². The van der Waals surface area contributed by atoms with E-state index in [-0.39, 0.29) is 19.4 Å². The summed E-state index contributed by atoms with van der Waals surface area (Å²) in [5.41, 5.74) is 5.77. The molecule has 1 aliphatic heterocycles. The summed E-state index contributed by atoms with van der Waals surface area (Å²) in [6.07, 6.45) is 2.63. The van der Waals surface area contributed by atoms with Crippen LogP contribution in [-0.4, -0.2) is 88.0 Å². The third-order valence-electron chi connectivity index (χ3n) is 4.52. The van der Waals surface area contributed by atoms with Crippen molar-refractivity contribution in [3.05, 3.63) is 0 Å². The lowest BCUT2D eigenvalue weighted by atomic mass is 10.1. The topological polar surface area (TPSA) is 179 Å². The predicted molar refractivity (Wildman–Crippen MR) is 105 cm³/mol. The molecule has 1 fully saturated rings. The van der Waals surface area contributed by atoms with Gasteiger partial charge in [-0.05, 0) is 37.7 Å². The van der Waals surface area contributed by atoms with Crippen LogP contribution in [-0.2, 0) is 24.0 Å². The van der Waals surface area contributed by atoms with Crippen molar-refractivity contribution >= 4 is 41.4 Å². The number of hydrogen-bond donors (Lipinski definition) is 5. The Balaban J connectivity index is 2.66. The highest BCUT2D eigenvalue weighted by Gasteiger charge is 2.34. The lowest BCUT2D eigenvalue weighted by Gasteiger charge is -2.23. The number of carbonyl (C=O) groups is 5. The van der Waals surface area contributed by atoms with Gasteiger partial charge in [-0.25, -0.2) is 4.79 Å². The molecule has 12 heteroatoms. The second-order valence-electron chi connectivity index (χ2n) is 6.68. The maximum Gasteiger partial charge on any atom is 0.326 e. The van der Waals surface area contributed by atoms with Gasteiger partial charge in [-0.15, -0.1) is 0 Å². The molecular weight excluding hydrogens is 404 g/mol. The van der Waals surface area contributed by atoms with Gasteiger partial charge in [-0.1, -0.05) is 0 Å². The zero-order valence-electron chi connectivity index (χ0n) is 16.3. The molecule has 0 aromatic rings. The molecule has 0 spiro atoms. The van der Waals surface area contributed by atoms with Gasteiger partial charge < -0.3 is 31.5 Å². The number of carboxylic acid groups (broad SMARTS) is 2. The Hall–Kier alpha value is -2.34. The van der Waals surface area contributed by atoms with Crippen LogP contribution in [0.3, 0.4) is 0 Å². The number of rotatable bonds is 12. The maximum atomic E-state index is 12.4. The van der Waals surface area contributed by atoms with Gasteiger partial charge in [0.05, 0.1) is 12.6 Å². The van der Waals surface area contributed by atoms with Gasteiger partial charge in [0, 0.05) is 13.0 Å². The summed E-state index contributed by atoms with van der Waals surface area (Å²) in [7, 11) is 0. The minimum Gasteiger partial charge on any atom is -0.481 e. The molecule has 1 saturated heterocycles. The normalized spacial score (nSPS) is 18.0. The Kier molecular flexibility index (Phi) is 10.5. The minimum atomic E-state index is -1.17. The standard InChI is InChI=1S/C17H28N4O7S/c1-29-8-6-10(18)15(25)20-11(4-5-14(23)24)16(26)19-9-13(22)21-7-2-3-12(21)17(27)28/h10-12H,2-9,18H2,1H3,(H,19,26)(H,20,25)(H,23,24)(H,27,28). The second kappa shape index (κ2) is 12.3. The number of hydrogen-bond acceptors (Lipinski definition) is 7. The van der Waals surface area contributed by atoms with E-state index in [1.807, 2.05) is 6.26 Å². The van der Waals surface area contributed by atoms with E-state index in [0.717, 1.165) is 0 Å². The molecule has 0 saturated carbocycles. The zero-order valence-corrected chi connectivity index (χ0v) is 17.1. The van der Waals surface area contributed by atoms with Crippen LogP contribution in [0.25, 0.3) is 0 Å². The van der Waals surface area contributed by atoms with Crippen LogP contribution in [0.4, 0.5) is 0 Å². The molecule has 1 aliphatic rings. The first-order valence-electron chi connectivity index (χ1n) is 9.24. The van der Waals surface area contributed by atoms with E-state index >= 15 is 0 Å². The zero-order chi connectivity index (χ0) is 22.0. The molecule has 11 nitrogen and oxygen atoms in total. The maximum absolute atomic E-state index is 12.4. The molecule has 164 valence electrons. The molecule has 1 rings (SSSR count). The van der Waals surface area contributed by atoms with Crippen molar-refractivity contribution in [2.75, 3.05) is 25.1 Å². The first kappa shape index (κ1) is 24.7. The van der Waals surface area contributed by atoms with Gasteiger partial charge in [0.15, 0.2) is 0 Å². The molecule has 0 aromatic heterocycles. The Morgan fingerprint density at radius 2 is 1.86 bits per heavy atom. The number of nitrogens with zero attached hydrogens (tertiary/aromatic N) is 1. The number of carbonyl (C=O) groups excluding carboxylic acids is 3. The van der Waals surface area contributed by atoms with Crippen LogP contribution in [0.15, 0.2) is 0 Å². The third-order valence-corrected chi connectivity index (χ3v) is 5.17. The molecule has 0 aliphatic carbocycles. The van der Waals surface area contributed by atoms with E-state index in [1.54, 1.807) is 0 Å². The summed E-state index contributed by atoms with van der Waals surface area (Å²) >= 11 is 1.51. The summed E-state index contributed by atoms with van der Waals surface area (Å²) in [5.74, 6) is -3.45. The van der Waals surface area contributed by atoms with Crippen LogP contribution >= 0.6 is 11.8 Å². The van der Waals surface area contributed by atoms with Crippen LogP contribution in [0.1, 0.15) is 32.1 Å². The number of thioether (sulfide) groups is 1. The second-order valence-corrected chi connectivity index (χ2v) is 7.67. The largest absolute Gasteiger partial charge is 0.481 e. The molecule has 0 bridgehead atoms. The first-order chi connectivity index (χ1) is 13.7. The van der Waals surface area contributed by atoms with E-state index in [1.165, 1.54) is 16.7 Å². The predicted octanol–water partition coefficient (Wildman–Crippen LogP) is -1.39. The number of carboxylic acids is 2. The summed E-state index contributed by atoms with van der Waals surface area (Å²) < 4.78 is 0. The van der Waals surface area contributed by atoms with Crippen molar-refractivity contribution in [2.24, 2.45) is 5.73 Å². The van der Waals surface area contributed by atoms with Gasteiger partial charge in [0.25, 0.3) is 0 Å². The highest BCUT2D eigenvalue weighted by molar-refractivity contribution is 7.98. The number of nitrogens with two attached hydrogens (primary N) is 1. The Labute approximate surface area is 172 Å². The molecule has 1 heterocycles. The lowest BCUT2D eigenvalue weighted by Crippen LogP contribution is -2.53. The number of nitrogens with one attached hydrogen (secondary N) is 2. The third kappa shape index (κ3) is 8.28. The Morgan fingerprint density at radius 1 is 1.17 bits per heavy atom. The molecular formula is C17H28N4O7S. The number of likely N-dealkylation sites (tertiary alicyclic amines) is 1. The van der Waals surface area contributed by atoms with E-state index < -0.39 is 54.3 Å². The van der Waals surface area contributed by atoms with E-state index in [9.17, 15) is 24.0 Å². The highest BCUT2D eigenvalue weighted by atomic mass is 32.2. The summed E-state index contributed by atoms with van der Waals surface area (Å²) in [6, 6.07) is -2.93. The fourth-order valence-electron chi connectivity index (χ4n) is 2.90. The molecule has 3 amide bonds. The van der Waals surface area contributed by atoms with Crippen molar-refractivity contribution < 1.29 is 34.2 Å². The first-order valence-corrected chi connectivity index (χ1v) is 10.6. The van der Waals surface area contributed by atoms with Crippen molar-refractivity contribution in [3.63, 3.8) is 0 Å².